The zero-order chi connectivity index (χ0) is 22.2. The standard InChI is InChI=1S/C30H23NSi/c1-3-11-24(12-4-1)32(25-13-5-2-6-14-25)26-21-19-23(20-22-26)31-29-17-9-7-15-27(29)28-16-8-10-18-30(28)31/h1-22,32H/i21D. The Morgan fingerprint density at radius 3 is 1.50 bits per heavy atom. The summed E-state index contributed by atoms with van der Waals surface area (Å²) in [6.45, 7) is 0. The Labute approximate surface area is 191 Å². The fourth-order valence-corrected chi connectivity index (χ4v) is 7.65. The Balaban J connectivity index is 1.54. The van der Waals surface area contributed by atoms with Crippen molar-refractivity contribution in [3.8, 4) is 5.69 Å². The number of aromatic nitrogens is 1. The molecule has 0 spiro atoms. The van der Waals surface area contributed by atoms with Crippen LogP contribution in [0.2, 0.25) is 0 Å². The Bertz CT molecular complexity index is 1480. The molecule has 0 fully saturated rings. The highest BCUT2D eigenvalue weighted by molar-refractivity contribution is 6.95. The third-order valence-electron chi connectivity index (χ3n) is 6.24. The van der Waals surface area contributed by atoms with Crippen LogP contribution in [0.15, 0.2) is 133 Å². The highest BCUT2D eigenvalue weighted by Crippen LogP contribution is 2.31. The molecule has 0 saturated heterocycles. The first-order chi connectivity index (χ1) is 16.3. The van der Waals surface area contributed by atoms with Crippen LogP contribution in [0.4, 0.5) is 0 Å². The molecule has 0 amide bonds. The summed E-state index contributed by atoms with van der Waals surface area (Å²) in [4.78, 5) is 0. The first kappa shape index (κ1) is 17.8. The molecule has 0 aliphatic carbocycles. The lowest BCUT2D eigenvalue weighted by molar-refractivity contribution is 1.18. The molecule has 1 nitrogen and oxygen atoms in total. The second kappa shape index (κ2) is 7.99. The maximum Gasteiger partial charge on any atom is 0.132 e. The van der Waals surface area contributed by atoms with Crippen LogP contribution >= 0.6 is 0 Å². The van der Waals surface area contributed by atoms with Gasteiger partial charge in [-0.2, -0.15) is 0 Å². The summed E-state index contributed by atoms with van der Waals surface area (Å²) in [5.41, 5.74) is 3.38. The molecule has 2 heteroatoms. The van der Waals surface area contributed by atoms with Gasteiger partial charge in [-0.1, -0.05) is 125 Å². The molecule has 0 saturated carbocycles. The van der Waals surface area contributed by atoms with Gasteiger partial charge in [-0.25, -0.2) is 0 Å². The largest absolute Gasteiger partial charge is 0.309 e. The number of hydrogen-bond acceptors (Lipinski definition) is 0. The second-order valence-corrected chi connectivity index (χ2v) is 10.9. The monoisotopic (exact) mass is 426 g/mol. The molecule has 5 aromatic carbocycles. The van der Waals surface area contributed by atoms with Crippen LogP contribution in [0, 0.1) is 0 Å². The highest BCUT2D eigenvalue weighted by atomic mass is 28.3. The van der Waals surface area contributed by atoms with Gasteiger partial charge in [0.25, 0.3) is 0 Å². The smallest absolute Gasteiger partial charge is 0.132 e. The molecule has 0 N–H and O–H groups in total. The van der Waals surface area contributed by atoms with Crippen LogP contribution in [-0.4, -0.2) is 13.4 Å². The molecule has 152 valence electrons. The fraction of sp³-hybridized carbons (Fsp3) is 0. The summed E-state index contributed by atoms with van der Waals surface area (Å²) in [6.07, 6.45) is 0. The van der Waals surface area contributed by atoms with Crippen LogP contribution in [0.3, 0.4) is 0 Å². The minimum absolute atomic E-state index is 0.610. The van der Waals surface area contributed by atoms with E-state index in [0.717, 1.165) is 10.9 Å². The van der Waals surface area contributed by atoms with Gasteiger partial charge in [0, 0.05) is 16.5 Å². The molecule has 0 radical (unpaired) electrons. The lowest BCUT2D eigenvalue weighted by atomic mass is 10.2. The molecule has 6 rings (SSSR count). The number of nitrogens with zero attached hydrogens (tertiary/aromatic N) is 1. The Hall–Kier alpha value is -3.88. The summed E-state index contributed by atoms with van der Waals surface area (Å²) >= 11 is 0. The van der Waals surface area contributed by atoms with Crippen molar-refractivity contribution in [1.29, 1.82) is 0 Å². The average Bonchev–Trinajstić information content (AvgIpc) is 3.21. The molecule has 1 aromatic heterocycles. The van der Waals surface area contributed by atoms with Gasteiger partial charge in [0.05, 0.1) is 12.4 Å². The van der Waals surface area contributed by atoms with E-state index in [1.807, 2.05) is 6.07 Å². The lowest BCUT2D eigenvalue weighted by Crippen LogP contribution is -2.51. The summed E-state index contributed by atoms with van der Waals surface area (Å²) in [5, 5.41) is 6.30. The summed E-state index contributed by atoms with van der Waals surface area (Å²) in [6, 6.07) is 45.5. The lowest BCUT2D eigenvalue weighted by Gasteiger charge is -2.18. The van der Waals surface area contributed by atoms with E-state index in [-0.39, 0.29) is 0 Å². The van der Waals surface area contributed by atoms with Gasteiger partial charge < -0.3 is 4.57 Å². The number of rotatable bonds is 4. The third kappa shape index (κ3) is 3.17. The van der Waals surface area contributed by atoms with Crippen LogP contribution in [-0.2, 0) is 0 Å². The molecule has 0 aliphatic rings. The molecule has 32 heavy (non-hydrogen) atoms. The Kier molecular flexibility index (Phi) is 4.43. The Morgan fingerprint density at radius 2 is 0.969 bits per heavy atom. The van der Waals surface area contributed by atoms with Crippen molar-refractivity contribution in [1.82, 2.24) is 4.57 Å². The van der Waals surface area contributed by atoms with Crippen LogP contribution in [0.25, 0.3) is 27.5 Å². The van der Waals surface area contributed by atoms with Gasteiger partial charge in [0.1, 0.15) is 8.80 Å². The van der Waals surface area contributed by atoms with Crippen LogP contribution in [0.5, 0.6) is 0 Å². The molecule has 1 heterocycles. The van der Waals surface area contributed by atoms with Crippen LogP contribution < -0.4 is 15.6 Å². The van der Waals surface area contributed by atoms with Gasteiger partial charge >= 0.3 is 0 Å². The van der Waals surface area contributed by atoms with E-state index >= 15 is 0 Å². The SMILES string of the molecule is [2H]c1cc(-n2c3ccccc3c3ccccc32)ccc1[SiH](c1ccccc1)c1ccccc1. The summed E-state index contributed by atoms with van der Waals surface area (Å²) in [7, 11) is -1.74. The second-order valence-electron chi connectivity index (χ2n) is 8.13. The van der Waals surface area contributed by atoms with E-state index in [9.17, 15) is 0 Å². The Morgan fingerprint density at radius 1 is 0.469 bits per heavy atom. The normalized spacial score (nSPS) is 11.8. The summed E-state index contributed by atoms with van der Waals surface area (Å²) < 4.78 is 11.4. The van der Waals surface area contributed by atoms with Crippen molar-refractivity contribution in [3.05, 3.63) is 133 Å². The van der Waals surface area contributed by atoms with Gasteiger partial charge in [-0.05, 0) is 24.3 Å². The van der Waals surface area contributed by atoms with Crippen molar-refractivity contribution in [3.63, 3.8) is 0 Å². The van der Waals surface area contributed by atoms with E-state index in [4.69, 9.17) is 1.37 Å². The summed E-state index contributed by atoms with van der Waals surface area (Å²) in [5.74, 6) is 0. The van der Waals surface area contributed by atoms with Gasteiger partial charge in [-0.3, -0.25) is 0 Å². The van der Waals surface area contributed by atoms with Crippen molar-refractivity contribution in [2.75, 3.05) is 0 Å². The van der Waals surface area contributed by atoms with E-state index in [1.165, 1.54) is 32.2 Å². The molecule has 0 bridgehead atoms. The quantitative estimate of drug-likeness (QED) is 0.275. The number of benzene rings is 5. The zero-order valence-electron chi connectivity index (χ0n) is 18.6. The van der Waals surface area contributed by atoms with Crippen molar-refractivity contribution in [2.24, 2.45) is 0 Å². The van der Waals surface area contributed by atoms with E-state index in [2.05, 4.69) is 126 Å². The molecule has 6 aromatic rings. The number of para-hydroxylation sites is 2. The third-order valence-corrected chi connectivity index (χ3v) is 9.32. The van der Waals surface area contributed by atoms with Crippen molar-refractivity contribution >= 4 is 46.2 Å². The zero-order valence-corrected chi connectivity index (χ0v) is 18.8. The number of hydrogen-bond donors (Lipinski definition) is 0. The van der Waals surface area contributed by atoms with Gasteiger partial charge in [-0.15, -0.1) is 0 Å². The molecular weight excluding hydrogens is 402 g/mol. The molecule has 0 atom stereocenters. The molecule has 0 aliphatic heterocycles. The first-order valence-corrected chi connectivity index (χ1v) is 12.7. The van der Waals surface area contributed by atoms with E-state index in [1.54, 1.807) is 0 Å². The molecular formula is C30H23NSi. The van der Waals surface area contributed by atoms with Gasteiger partial charge in [0.2, 0.25) is 0 Å². The van der Waals surface area contributed by atoms with E-state index in [0.29, 0.717) is 6.04 Å². The number of fused-ring (bicyclic) bond motifs is 3. The topological polar surface area (TPSA) is 4.93 Å². The maximum atomic E-state index is 9.08. The predicted octanol–water partition coefficient (Wildman–Crippen LogP) is 5.03. The minimum Gasteiger partial charge on any atom is -0.309 e. The molecule has 0 unspecified atom stereocenters. The van der Waals surface area contributed by atoms with Crippen molar-refractivity contribution in [2.45, 2.75) is 0 Å². The highest BCUT2D eigenvalue weighted by Gasteiger charge is 2.19. The minimum atomic E-state index is -1.74. The first-order valence-electron chi connectivity index (χ1n) is 11.5. The predicted molar refractivity (Wildman–Crippen MR) is 140 cm³/mol. The van der Waals surface area contributed by atoms with Crippen LogP contribution in [0.1, 0.15) is 1.37 Å². The maximum absolute atomic E-state index is 9.08. The average molecular weight is 427 g/mol. The van der Waals surface area contributed by atoms with Gasteiger partial charge in [0.15, 0.2) is 0 Å². The van der Waals surface area contributed by atoms with E-state index < -0.39 is 8.80 Å². The van der Waals surface area contributed by atoms with Crippen molar-refractivity contribution < 1.29 is 1.37 Å². The fourth-order valence-electron chi connectivity index (χ4n) is 4.79.